The second-order valence-corrected chi connectivity index (χ2v) is 4.33. The highest BCUT2D eigenvalue weighted by Crippen LogP contribution is 2.23. The second kappa shape index (κ2) is 6.66. The number of hydrogen-bond donors (Lipinski definition) is 2. The predicted molar refractivity (Wildman–Crippen MR) is 77.0 cm³/mol. The van der Waals surface area contributed by atoms with E-state index in [1.165, 1.54) is 19.3 Å². The van der Waals surface area contributed by atoms with E-state index in [-0.39, 0.29) is 11.4 Å². The summed E-state index contributed by atoms with van der Waals surface area (Å²) in [5.74, 6) is -2.58. The third-order valence-electron chi connectivity index (χ3n) is 2.57. The summed E-state index contributed by atoms with van der Waals surface area (Å²) in [6.45, 7) is 1.19. The number of nitrogens with one attached hydrogen (secondary N) is 2. The van der Waals surface area contributed by atoms with Crippen molar-refractivity contribution in [1.29, 1.82) is 0 Å². The Labute approximate surface area is 124 Å². The molecule has 0 aliphatic heterocycles. The van der Waals surface area contributed by atoms with E-state index < -0.39 is 23.4 Å². The first-order chi connectivity index (χ1) is 10.5. The average molecular weight is 306 g/mol. The lowest BCUT2D eigenvalue weighted by Crippen LogP contribution is -2.12. The SMILES string of the molecule is CC(=O)Nc1cc(NC(=O)/C=C/c2ccco2)c(F)cc1F. The first kappa shape index (κ1) is 15.4. The number of anilines is 2. The van der Waals surface area contributed by atoms with Crippen LogP contribution in [0.2, 0.25) is 0 Å². The summed E-state index contributed by atoms with van der Waals surface area (Å²) in [6, 6.07) is 4.87. The number of carbonyl (C=O) groups excluding carboxylic acids is 2. The van der Waals surface area contributed by atoms with E-state index in [4.69, 9.17) is 4.42 Å². The normalized spacial score (nSPS) is 10.7. The molecule has 0 radical (unpaired) electrons. The molecule has 0 atom stereocenters. The van der Waals surface area contributed by atoms with Gasteiger partial charge in [0.05, 0.1) is 17.6 Å². The maximum Gasteiger partial charge on any atom is 0.248 e. The Kier molecular flexibility index (Phi) is 4.67. The standard InChI is InChI=1S/C15H12F2N2O3/c1-9(20)18-13-8-14(12(17)7-11(13)16)19-15(21)5-4-10-3-2-6-22-10/h2-8H,1H3,(H,18,20)(H,19,21)/b5-4+. The molecule has 114 valence electrons. The lowest BCUT2D eigenvalue weighted by Gasteiger charge is -2.09. The quantitative estimate of drug-likeness (QED) is 0.852. The highest BCUT2D eigenvalue weighted by molar-refractivity contribution is 6.02. The Morgan fingerprint density at radius 3 is 2.41 bits per heavy atom. The van der Waals surface area contributed by atoms with Gasteiger partial charge in [-0.15, -0.1) is 0 Å². The molecule has 2 rings (SSSR count). The molecule has 0 saturated heterocycles. The molecular weight excluding hydrogens is 294 g/mol. The molecule has 2 aromatic rings. The van der Waals surface area contributed by atoms with Crippen molar-refractivity contribution in [2.24, 2.45) is 0 Å². The topological polar surface area (TPSA) is 71.3 Å². The summed E-state index contributed by atoms with van der Waals surface area (Å²) in [5.41, 5.74) is -0.474. The number of rotatable bonds is 4. The van der Waals surface area contributed by atoms with Crippen molar-refractivity contribution in [1.82, 2.24) is 0 Å². The van der Waals surface area contributed by atoms with E-state index in [2.05, 4.69) is 10.6 Å². The summed E-state index contributed by atoms with van der Waals surface area (Å²) in [6.07, 6.45) is 3.97. The zero-order valence-corrected chi connectivity index (χ0v) is 11.5. The van der Waals surface area contributed by atoms with Crippen LogP contribution in [-0.2, 0) is 9.59 Å². The van der Waals surface area contributed by atoms with E-state index in [0.717, 1.165) is 12.1 Å². The third-order valence-corrected chi connectivity index (χ3v) is 2.57. The van der Waals surface area contributed by atoms with E-state index in [9.17, 15) is 18.4 Å². The van der Waals surface area contributed by atoms with E-state index in [0.29, 0.717) is 11.8 Å². The van der Waals surface area contributed by atoms with Gasteiger partial charge in [0.25, 0.3) is 0 Å². The third kappa shape index (κ3) is 4.02. The molecule has 22 heavy (non-hydrogen) atoms. The molecule has 2 amide bonds. The van der Waals surface area contributed by atoms with Gasteiger partial charge in [-0.2, -0.15) is 0 Å². The number of benzene rings is 1. The predicted octanol–water partition coefficient (Wildman–Crippen LogP) is 3.17. The Morgan fingerprint density at radius 2 is 1.82 bits per heavy atom. The average Bonchev–Trinajstić information content (AvgIpc) is 2.94. The maximum absolute atomic E-state index is 13.6. The van der Waals surface area contributed by atoms with Crippen molar-refractivity contribution in [2.45, 2.75) is 6.92 Å². The van der Waals surface area contributed by atoms with Crippen LogP contribution in [0.3, 0.4) is 0 Å². The number of carbonyl (C=O) groups is 2. The van der Waals surface area contributed by atoms with Crippen LogP contribution in [-0.4, -0.2) is 11.8 Å². The van der Waals surface area contributed by atoms with Crippen molar-refractivity contribution in [3.05, 3.63) is 54.0 Å². The zero-order chi connectivity index (χ0) is 16.1. The molecule has 1 heterocycles. The molecule has 0 saturated carbocycles. The molecule has 0 spiro atoms. The van der Waals surface area contributed by atoms with E-state index >= 15 is 0 Å². The fourth-order valence-electron chi connectivity index (χ4n) is 1.65. The van der Waals surface area contributed by atoms with Crippen LogP contribution in [0.4, 0.5) is 20.2 Å². The van der Waals surface area contributed by atoms with Gasteiger partial charge in [-0.05, 0) is 24.3 Å². The Morgan fingerprint density at radius 1 is 1.14 bits per heavy atom. The van der Waals surface area contributed by atoms with Gasteiger partial charge in [-0.1, -0.05) is 0 Å². The van der Waals surface area contributed by atoms with Gasteiger partial charge in [-0.25, -0.2) is 8.78 Å². The van der Waals surface area contributed by atoms with E-state index in [1.807, 2.05) is 0 Å². The largest absolute Gasteiger partial charge is 0.465 e. The smallest absolute Gasteiger partial charge is 0.248 e. The van der Waals surface area contributed by atoms with Gasteiger partial charge in [-0.3, -0.25) is 9.59 Å². The number of halogens is 2. The second-order valence-electron chi connectivity index (χ2n) is 4.33. The summed E-state index contributed by atoms with van der Waals surface area (Å²) in [7, 11) is 0. The van der Waals surface area contributed by atoms with Crippen LogP contribution in [0.25, 0.3) is 6.08 Å². The van der Waals surface area contributed by atoms with Gasteiger partial charge in [0.15, 0.2) is 0 Å². The van der Waals surface area contributed by atoms with Crippen LogP contribution in [0.1, 0.15) is 12.7 Å². The van der Waals surface area contributed by atoms with Crippen LogP contribution in [0.5, 0.6) is 0 Å². The van der Waals surface area contributed by atoms with Crippen LogP contribution in [0.15, 0.2) is 41.0 Å². The first-order valence-corrected chi connectivity index (χ1v) is 6.25. The van der Waals surface area contributed by atoms with Crippen LogP contribution in [0, 0.1) is 11.6 Å². The maximum atomic E-state index is 13.6. The molecule has 5 nitrogen and oxygen atoms in total. The summed E-state index contributed by atoms with van der Waals surface area (Å²) in [5, 5.41) is 4.46. The Bertz CT molecular complexity index is 725. The minimum absolute atomic E-state index is 0.223. The number of hydrogen-bond acceptors (Lipinski definition) is 3. The minimum Gasteiger partial charge on any atom is -0.465 e. The molecule has 0 aliphatic carbocycles. The Balaban J connectivity index is 2.14. The van der Waals surface area contributed by atoms with Gasteiger partial charge < -0.3 is 15.1 Å². The van der Waals surface area contributed by atoms with E-state index in [1.54, 1.807) is 12.1 Å². The zero-order valence-electron chi connectivity index (χ0n) is 11.5. The molecule has 1 aromatic carbocycles. The number of furan rings is 1. The summed E-state index contributed by atoms with van der Waals surface area (Å²) in [4.78, 5) is 22.6. The first-order valence-electron chi connectivity index (χ1n) is 6.25. The fraction of sp³-hybridized carbons (Fsp3) is 0.0667. The summed E-state index contributed by atoms with van der Waals surface area (Å²) < 4.78 is 32.1. The lowest BCUT2D eigenvalue weighted by molar-refractivity contribution is -0.114. The van der Waals surface area contributed by atoms with Crippen LogP contribution >= 0.6 is 0 Å². The molecule has 7 heteroatoms. The van der Waals surface area contributed by atoms with Gasteiger partial charge >= 0.3 is 0 Å². The van der Waals surface area contributed by atoms with Gasteiger partial charge in [0.2, 0.25) is 11.8 Å². The minimum atomic E-state index is -0.952. The highest BCUT2D eigenvalue weighted by atomic mass is 19.1. The van der Waals surface area contributed by atoms with Crippen molar-refractivity contribution < 1.29 is 22.8 Å². The fourth-order valence-corrected chi connectivity index (χ4v) is 1.65. The van der Waals surface area contributed by atoms with Crippen molar-refractivity contribution in [3.63, 3.8) is 0 Å². The van der Waals surface area contributed by atoms with Crippen molar-refractivity contribution >= 4 is 29.3 Å². The highest BCUT2D eigenvalue weighted by Gasteiger charge is 2.12. The molecule has 0 bridgehead atoms. The molecule has 0 unspecified atom stereocenters. The monoisotopic (exact) mass is 306 g/mol. The molecule has 0 aliphatic rings. The van der Waals surface area contributed by atoms with Crippen molar-refractivity contribution in [3.8, 4) is 0 Å². The molecule has 1 aromatic heterocycles. The van der Waals surface area contributed by atoms with Crippen molar-refractivity contribution in [2.75, 3.05) is 10.6 Å². The number of amides is 2. The molecule has 0 fully saturated rings. The summed E-state index contributed by atoms with van der Waals surface area (Å²) >= 11 is 0. The van der Waals surface area contributed by atoms with Gasteiger partial charge in [0.1, 0.15) is 17.4 Å². The molecule has 2 N–H and O–H groups in total. The lowest BCUT2D eigenvalue weighted by atomic mass is 10.2. The Hall–Kier alpha value is -2.96. The van der Waals surface area contributed by atoms with Gasteiger partial charge in [0, 0.05) is 19.1 Å². The molecular formula is C15H12F2N2O3. The van der Waals surface area contributed by atoms with Crippen LogP contribution < -0.4 is 10.6 Å².